The lowest BCUT2D eigenvalue weighted by atomic mass is 10.0. The molecule has 0 saturated heterocycles. The summed E-state index contributed by atoms with van der Waals surface area (Å²) in [7, 11) is 0. The van der Waals surface area contributed by atoms with E-state index >= 15 is 0 Å². The lowest BCUT2D eigenvalue weighted by molar-refractivity contribution is -0.115. The number of nitrogens with one attached hydrogen (secondary N) is 1. The van der Waals surface area contributed by atoms with Crippen molar-refractivity contribution < 1.29 is 4.79 Å². The van der Waals surface area contributed by atoms with Crippen molar-refractivity contribution >= 4 is 27.4 Å². The molecule has 0 aromatic heterocycles. The third-order valence-corrected chi connectivity index (χ3v) is 3.54. The number of ketones is 1. The molecule has 0 atom stereocenters. The first-order valence-corrected chi connectivity index (χ1v) is 6.21. The van der Waals surface area contributed by atoms with Gasteiger partial charge in [0.15, 0.2) is 5.78 Å². The van der Waals surface area contributed by atoms with Gasteiger partial charge in [-0.1, -0.05) is 22.0 Å². The summed E-state index contributed by atoms with van der Waals surface area (Å²) in [4.78, 5) is 11.3. The maximum absolute atomic E-state index is 11.3. The van der Waals surface area contributed by atoms with Crippen LogP contribution in [0, 0.1) is 6.92 Å². The smallest absolute Gasteiger partial charge is 0.157 e. The van der Waals surface area contributed by atoms with Gasteiger partial charge in [0.05, 0.1) is 0 Å². The van der Waals surface area contributed by atoms with Gasteiger partial charge in [0, 0.05) is 28.4 Å². The summed E-state index contributed by atoms with van der Waals surface area (Å²) in [6.07, 6.45) is 4.31. The fourth-order valence-corrected chi connectivity index (χ4v) is 2.13. The van der Waals surface area contributed by atoms with Crippen LogP contribution in [0.15, 0.2) is 34.4 Å². The second-order valence-electron chi connectivity index (χ2n) is 4.08. The third-order valence-electron chi connectivity index (χ3n) is 2.68. The minimum Gasteiger partial charge on any atom is -0.359 e. The van der Waals surface area contributed by atoms with E-state index in [1.54, 1.807) is 6.08 Å². The molecule has 1 aliphatic carbocycles. The molecule has 2 rings (SSSR count). The predicted octanol–water partition coefficient (Wildman–Crippen LogP) is 3.81. The monoisotopic (exact) mass is 279 g/mol. The van der Waals surface area contributed by atoms with Crippen molar-refractivity contribution in [3.63, 3.8) is 0 Å². The highest BCUT2D eigenvalue weighted by atomic mass is 79.9. The number of anilines is 1. The number of carbonyl (C=O) groups is 1. The van der Waals surface area contributed by atoms with Crippen LogP contribution in [0.2, 0.25) is 0 Å². The molecule has 0 unspecified atom stereocenters. The van der Waals surface area contributed by atoms with Crippen LogP contribution in [0.5, 0.6) is 0 Å². The van der Waals surface area contributed by atoms with Crippen molar-refractivity contribution in [2.45, 2.75) is 26.2 Å². The Morgan fingerprint density at radius 1 is 1.31 bits per heavy atom. The molecule has 16 heavy (non-hydrogen) atoms. The number of carbonyl (C=O) groups excluding carboxylic acids is 1. The number of hydrogen-bond donors (Lipinski definition) is 1. The first kappa shape index (κ1) is 11.4. The highest BCUT2D eigenvalue weighted by Gasteiger charge is 2.09. The molecular weight excluding hydrogens is 266 g/mol. The van der Waals surface area contributed by atoms with Crippen LogP contribution in [0.1, 0.15) is 24.8 Å². The molecule has 1 aromatic carbocycles. The number of rotatable bonds is 2. The number of aryl methyl sites for hydroxylation is 1. The van der Waals surface area contributed by atoms with Crippen molar-refractivity contribution in [2.75, 3.05) is 5.32 Å². The van der Waals surface area contributed by atoms with Crippen molar-refractivity contribution in [3.05, 3.63) is 40.0 Å². The molecule has 0 bridgehead atoms. The van der Waals surface area contributed by atoms with Gasteiger partial charge in [0.25, 0.3) is 0 Å². The molecule has 0 fully saturated rings. The Morgan fingerprint density at radius 3 is 2.81 bits per heavy atom. The Morgan fingerprint density at radius 2 is 2.12 bits per heavy atom. The second kappa shape index (κ2) is 4.83. The van der Waals surface area contributed by atoms with E-state index in [2.05, 4.69) is 34.2 Å². The van der Waals surface area contributed by atoms with E-state index in [0.29, 0.717) is 6.42 Å². The van der Waals surface area contributed by atoms with Crippen LogP contribution in [-0.4, -0.2) is 5.78 Å². The van der Waals surface area contributed by atoms with Gasteiger partial charge in [-0.25, -0.2) is 0 Å². The molecule has 0 amide bonds. The highest BCUT2D eigenvalue weighted by molar-refractivity contribution is 9.10. The largest absolute Gasteiger partial charge is 0.359 e. The van der Waals surface area contributed by atoms with Crippen molar-refractivity contribution in [3.8, 4) is 0 Å². The summed E-state index contributed by atoms with van der Waals surface area (Å²) < 4.78 is 1.08. The molecule has 0 aliphatic heterocycles. The molecule has 84 valence electrons. The molecular formula is C13H14BrNO. The molecule has 0 heterocycles. The molecule has 0 radical (unpaired) electrons. The molecule has 0 saturated carbocycles. The number of hydrogen-bond acceptors (Lipinski definition) is 2. The van der Waals surface area contributed by atoms with E-state index in [-0.39, 0.29) is 5.78 Å². The fraction of sp³-hybridized carbons (Fsp3) is 0.308. The van der Waals surface area contributed by atoms with Gasteiger partial charge in [-0.05, 0) is 37.5 Å². The predicted molar refractivity (Wildman–Crippen MR) is 69.4 cm³/mol. The highest BCUT2D eigenvalue weighted by Crippen LogP contribution is 2.23. The van der Waals surface area contributed by atoms with Crippen LogP contribution in [-0.2, 0) is 4.79 Å². The molecule has 0 spiro atoms. The minimum atomic E-state index is 0.222. The van der Waals surface area contributed by atoms with E-state index in [9.17, 15) is 4.79 Å². The van der Waals surface area contributed by atoms with Crippen LogP contribution in [0.4, 0.5) is 5.69 Å². The Labute approximate surface area is 104 Å². The summed E-state index contributed by atoms with van der Waals surface area (Å²) in [6.45, 7) is 2.05. The van der Waals surface area contributed by atoms with Gasteiger partial charge in [0.1, 0.15) is 0 Å². The van der Waals surface area contributed by atoms with Crippen molar-refractivity contribution in [1.82, 2.24) is 0 Å². The van der Waals surface area contributed by atoms with Gasteiger partial charge in [-0.15, -0.1) is 0 Å². The SMILES string of the molecule is Cc1ccc(NC2=CC(=O)CCC2)cc1Br. The van der Waals surface area contributed by atoms with E-state index in [1.165, 1.54) is 5.56 Å². The zero-order valence-corrected chi connectivity index (χ0v) is 10.8. The molecule has 2 nitrogen and oxygen atoms in total. The van der Waals surface area contributed by atoms with Gasteiger partial charge >= 0.3 is 0 Å². The Bertz CT molecular complexity index is 451. The lowest BCUT2D eigenvalue weighted by Gasteiger charge is -2.15. The summed E-state index contributed by atoms with van der Waals surface area (Å²) in [5.74, 6) is 0.222. The van der Waals surface area contributed by atoms with Crippen molar-refractivity contribution in [1.29, 1.82) is 0 Å². The first-order valence-electron chi connectivity index (χ1n) is 5.42. The number of benzene rings is 1. The van der Waals surface area contributed by atoms with E-state index < -0.39 is 0 Å². The van der Waals surface area contributed by atoms with E-state index in [1.807, 2.05) is 12.1 Å². The average Bonchev–Trinajstić information content (AvgIpc) is 2.24. The summed E-state index contributed by atoms with van der Waals surface area (Å²) in [5, 5.41) is 3.29. The average molecular weight is 280 g/mol. The summed E-state index contributed by atoms with van der Waals surface area (Å²) >= 11 is 3.50. The molecule has 3 heteroatoms. The Balaban J connectivity index is 2.14. The summed E-state index contributed by atoms with van der Waals surface area (Å²) in [5.41, 5.74) is 3.25. The van der Waals surface area contributed by atoms with Crippen LogP contribution in [0.3, 0.4) is 0 Å². The van der Waals surface area contributed by atoms with Gasteiger partial charge in [0.2, 0.25) is 0 Å². The maximum Gasteiger partial charge on any atom is 0.157 e. The standard InChI is InChI=1S/C13H14BrNO/c1-9-5-6-11(8-13(9)14)15-10-3-2-4-12(16)7-10/h5-8,15H,2-4H2,1H3. The van der Waals surface area contributed by atoms with Gasteiger partial charge in [-0.2, -0.15) is 0 Å². The normalized spacial score (nSPS) is 15.9. The zero-order chi connectivity index (χ0) is 11.5. The molecule has 1 aliphatic rings. The molecule has 1 N–H and O–H groups in total. The van der Waals surface area contributed by atoms with Crippen LogP contribution in [0.25, 0.3) is 0 Å². The Hall–Kier alpha value is -1.09. The first-order chi connectivity index (χ1) is 7.65. The van der Waals surface area contributed by atoms with Gasteiger partial charge in [-0.3, -0.25) is 4.79 Å². The third kappa shape index (κ3) is 2.73. The number of allylic oxidation sites excluding steroid dienone is 2. The summed E-state index contributed by atoms with van der Waals surface area (Å²) in [6, 6.07) is 6.12. The van der Waals surface area contributed by atoms with Gasteiger partial charge < -0.3 is 5.32 Å². The topological polar surface area (TPSA) is 29.1 Å². The van der Waals surface area contributed by atoms with Crippen molar-refractivity contribution in [2.24, 2.45) is 0 Å². The zero-order valence-electron chi connectivity index (χ0n) is 9.22. The van der Waals surface area contributed by atoms with Crippen LogP contribution >= 0.6 is 15.9 Å². The van der Waals surface area contributed by atoms with E-state index in [0.717, 1.165) is 28.7 Å². The van der Waals surface area contributed by atoms with Crippen LogP contribution < -0.4 is 5.32 Å². The second-order valence-corrected chi connectivity index (χ2v) is 4.93. The lowest BCUT2D eigenvalue weighted by Crippen LogP contribution is -2.09. The quantitative estimate of drug-likeness (QED) is 0.892. The minimum absolute atomic E-state index is 0.222. The fourth-order valence-electron chi connectivity index (χ4n) is 1.75. The Kier molecular flexibility index (Phi) is 3.44. The molecule has 1 aromatic rings. The van der Waals surface area contributed by atoms with E-state index in [4.69, 9.17) is 0 Å². The number of halogens is 1. The maximum atomic E-state index is 11.3.